The molecule has 23 nitrogen and oxygen atoms in total. The van der Waals surface area contributed by atoms with Crippen LogP contribution in [0, 0.1) is 56.2 Å². The minimum Gasteiger partial charge on any atom is -0.432 e. The first-order valence-corrected chi connectivity index (χ1v) is 28.2. The van der Waals surface area contributed by atoms with Crippen LogP contribution in [0.15, 0.2) is 11.6 Å². The molecule has 30 atom stereocenters. The number of fused-ring (bicyclic) bond motifs is 7. The molecule has 0 spiro atoms. The summed E-state index contributed by atoms with van der Waals surface area (Å²) >= 11 is 0. The van der Waals surface area contributed by atoms with Crippen LogP contribution in [0.5, 0.6) is 0 Å². The minimum atomic E-state index is -1.97. The first-order chi connectivity index (χ1) is 36.3. The Labute approximate surface area is 455 Å². The van der Waals surface area contributed by atoms with Crippen LogP contribution in [0.2, 0.25) is 0 Å². The summed E-state index contributed by atoms with van der Waals surface area (Å²) in [6.07, 6.45) is -28.2. The fraction of sp³-hybridized carbons (Fsp3) is 0.945. The van der Waals surface area contributed by atoms with E-state index in [4.69, 9.17) is 33.2 Å². The summed E-state index contributed by atoms with van der Waals surface area (Å²) in [5.74, 6) is -2.46. The molecule has 0 radical (unpaired) electrons. The SMILES string of the molecule is CC1OC(OC2C(OC(=O)C34CCC(C)(C)CC3C3=CCC5C6(C)CC(O)C(OC7OC(CO)C(O)C(O)C7O)C(C)(C)C6CCC5(C)C3(C)CC4O)OC(COC3CC(CO)C(O)C(O)C3O)C(O)C2O)C(O)C(O)C1O. The normalized spacial score (nSPS) is 54.8. The predicted octanol–water partition coefficient (Wildman–Crippen LogP) is -2.40. The van der Waals surface area contributed by atoms with E-state index in [1.54, 1.807) is 0 Å². The average molecular weight is 1120 g/mol. The molecule has 3 heterocycles. The number of allylic oxidation sites excluding steroid dienone is 2. The summed E-state index contributed by atoms with van der Waals surface area (Å²) < 4.78 is 42.5. The van der Waals surface area contributed by atoms with Crippen molar-refractivity contribution in [2.75, 3.05) is 19.8 Å². The van der Waals surface area contributed by atoms with Gasteiger partial charge in [0.15, 0.2) is 18.7 Å². The number of aliphatic hydroxyl groups excluding tert-OH is 15. The highest BCUT2D eigenvalue weighted by molar-refractivity contribution is 5.80. The Hall–Kier alpha value is -1.63. The predicted molar refractivity (Wildman–Crippen MR) is 267 cm³/mol. The van der Waals surface area contributed by atoms with Crippen LogP contribution in [0.3, 0.4) is 0 Å². The molecule has 0 bridgehead atoms. The summed E-state index contributed by atoms with van der Waals surface area (Å²) in [6, 6.07) is 0. The van der Waals surface area contributed by atoms with Gasteiger partial charge in [0.05, 0.1) is 49.8 Å². The number of carbonyl (C=O) groups excluding carboxylic acids is 1. The first-order valence-electron chi connectivity index (χ1n) is 28.2. The average Bonchev–Trinajstić information content (AvgIpc) is 2.49. The highest BCUT2D eigenvalue weighted by Gasteiger charge is 2.73. The monoisotopic (exact) mass is 1120 g/mol. The summed E-state index contributed by atoms with van der Waals surface area (Å²) in [6.45, 7) is 14.5. The van der Waals surface area contributed by atoms with Gasteiger partial charge < -0.3 is 110 Å². The second-order valence-electron chi connectivity index (χ2n) is 27.1. The molecule has 0 aromatic heterocycles. The lowest BCUT2D eigenvalue weighted by atomic mass is 9.33. The van der Waals surface area contributed by atoms with E-state index >= 15 is 4.79 Å². The van der Waals surface area contributed by atoms with Gasteiger partial charge in [-0.2, -0.15) is 0 Å². The van der Waals surface area contributed by atoms with Gasteiger partial charge in [-0.1, -0.05) is 60.1 Å². The van der Waals surface area contributed by atoms with Gasteiger partial charge in [0.1, 0.15) is 78.7 Å². The fourth-order valence-electron chi connectivity index (χ4n) is 17.1. The standard InChI is InChI=1S/C55H90O23/c1-22-33(60)38(65)42(69)46(73-22)76-44-41(68)37(64)29(21-72-27-15-23(19-56)34(61)39(66)35(27)62)75-48(44)78-49(71)55-14-13-50(2,3)16-25(55)24-9-10-31-52(6)17-26(58)45(77-47-43(70)40(67)36(63)28(20-57)74-47)51(4,5)30(52)11-12-53(31,7)54(24,8)18-32(55)59/h9,22-23,25-48,56-70H,10-21H2,1-8H3. The Morgan fingerprint density at radius 1 is 0.628 bits per heavy atom. The lowest BCUT2D eigenvalue weighted by Gasteiger charge is -2.72. The molecule has 6 aliphatic carbocycles. The van der Waals surface area contributed by atoms with Crippen molar-refractivity contribution < 1.29 is 115 Å². The molecule has 0 aromatic rings. The van der Waals surface area contributed by atoms with Crippen LogP contribution >= 0.6 is 0 Å². The molecule has 5 saturated carbocycles. The summed E-state index contributed by atoms with van der Waals surface area (Å²) in [5, 5.41) is 164. The van der Waals surface area contributed by atoms with Crippen LogP contribution in [0.1, 0.15) is 113 Å². The summed E-state index contributed by atoms with van der Waals surface area (Å²) in [7, 11) is 0. The van der Waals surface area contributed by atoms with Crippen molar-refractivity contribution in [1.82, 2.24) is 0 Å². The third-order valence-corrected chi connectivity index (χ3v) is 21.9. The maximum atomic E-state index is 15.6. The van der Waals surface area contributed by atoms with Crippen molar-refractivity contribution in [3.63, 3.8) is 0 Å². The van der Waals surface area contributed by atoms with Gasteiger partial charge in [0.25, 0.3) is 0 Å². The molecule has 448 valence electrons. The Morgan fingerprint density at radius 3 is 1.90 bits per heavy atom. The third-order valence-electron chi connectivity index (χ3n) is 21.9. The lowest BCUT2D eigenvalue weighted by Crippen LogP contribution is -2.70. The van der Waals surface area contributed by atoms with Crippen LogP contribution < -0.4 is 0 Å². The van der Waals surface area contributed by atoms with E-state index in [2.05, 4.69) is 40.7 Å². The van der Waals surface area contributed by atoms with Gasteiger partial charge in [-0.25, -0.2) is 0 Å². The van der Waals surface area contributed by atoms with Gasteiger partial charge in [-0.05, 0) is 110 Å². The maximum absolute atomic E-state index is 15.6. The molecule has 3 aliphatic heterocycles. The van der Waals surface area contributed by atoms with E-state index in [0.29, 0.717) is 38.5 Å². The van der Waals surface area contributed by atoms with Crippen LogP contribution in [0.25, 0.3) is 0 Å². The molecule has 15 N–H and O–H groups in total. The molecule has 9 rings (SSSR count). The molecular weight excluding hydrogens is 1030 g/mol. The molecule has 23 heteroatoms. The molecule has 0 aromatic carbocycles. The molecule has 3 saturated heterocycles. The minimum absolute atomic E-state index is 0.0498. The number of esters is 1. The lowest BCUT2D eigenvalue weighted by molar-refractivity contribution is -0.363. The number of hydrogen-bond acceptors (Lipinski definition) is 23. The van der Waals surface area contributed by atoms with E-state index in [1.807, 2.05) is 13.8 Å². The number of aliphatic hydroxyl groups is 15. The number of hydrogen-bond donors (Lipinski definition) is 15. The van der Waals surface area contributed by atoms with Crippen molar-refractivity contribution in [2.24, 2.45) is 56.2 Å². The van der Waals surface area contributed by atoms with Gasteiger partial charge in [-0.15, -0.1) is 0 Å². The zero-order valence-corrected chi connectivity index (χ0v) is 46.0. The quantitative estimate of drug-likeness (QED) is 0.0582. The van der Waals surface area contributed by atoms with E-state index in [0.717, 1.165) is 5.57 Å². The Balaban J connectivity index is 1.01. The second-order valence-corrected chi connectivity index (χ2v) is 27.1. The van der Waals surface area contributed by atoms with Gasteiger partial charge in [0, 0.05) is 12.5 Å². The van der Waals surface area contributed by atoms with Crippen LogP contribution in [-0.4, -0.2) is 237 Å². The third kappa shape index (κ3) is 9.68. The molecule has 0 amide bonds. The molecule has 9 aliphatic rings. The van der Waals surface area contributed by atoms with Crippen molar-refractivity contribution in [2.45, 2.75) is 248 Å². The molecule has 30 unspecified atom stereocenters. The van der Waals surface area contributed by atoms with E-state index in [-0.39, 0.29) is 36.5 Å². The van der Waals surface area contributed by atoms with Gasteiger partial charge >= 0.3 is 5.97 Å². The van der Waals surface area contributed by atoms with E-state index in [9.17, 15) is 76.6 Å². The van der Waals surface area contributed by atoms with Crippen molar-refractivity contribution in [3.05, 3.63) is 11.6 Å². The number of ether oxygens (including phenoxy) is 7. The fourth-order valence-corrected chi connectivity index (χ4v) is 17.1. The Kier molecular flexibility index (Phi) is 17.0. The summed E-state index contributed by atoms with van der Waals surface area (Å²) in [4.78, 5) is 15.6. The molecular formula is C55H90O23. The summed E-state index contributed by atoms with van der Waals surface area (Å²) in [5.41, 5.74) is -3.39. The number of carbonyl (C=O) groups is 1. The van der Waals surface area contributed by atoms with Gasteiger partial charge in [0.2, 0.25) is 6.29 Å². The van der Waals surface area contributed by atoms with Crippen molar-refractivity contribution in [1.29, 1.82) is 0 Å². The van der Waals surface area contributed by atoms with Crippen molar-refractivity contribution in [3.8, 4) is 0 Å². The van der Waals surface area contributed by atoms with Crippen molar-refractivity contribution >= 4 is 5.97 Å². The Morgan fingerprint density at radius 2 is 1.24 bits per heavy atom. The number of rotatable bonds is 11. The molecule has 78 heavy (non-hydrogen) atoms. The Bertz CT molecular complexity index is 2160. The van der Waals surface area contributed by atoms with E-state index < -0.39 is 200 Å². The zero-order chi connectivity index (χ0) is 57.3. The van der Waals surface area contributed by atoms with Crippen LogP contribution in [-0.2, 0) is 38.0 Å². The smallest absolute Gasteiger partial charge is 0.317 e. The zero-order valence-electron chi connectivity index (χ0n) is 46.0. The largest absolute Gasteiger partial charge is 0.432 e. The van der Waals surface area contributed by atoms with E-state index in [1.165, 1.54) is 6.92 Å². The highest BCUT2D eigenvalue weighted by Crippen LogP contribution is 2.76. The highest BCUT2D eigenvalue weighted by atomic mass is 16.8. The topological polar surface area (TPSA) is 385 Å². The van der Waals surface area contributed by atoms with Gasteiger partial charge in [-0.3, -0.25) is 4.79 Å². The molecule has 8 fully saturated rings. The maximum Gasteiger partial charge on any atom is 0.317 e. The van der Waals surface area contributed by atoms with Crippen LogP contribution in [0.4, 0.5) is 0 Å². The second kappa shape index (κ2) is 21.8. The first kappa shape index (κ1) is 60.9.